The summed E-state index contributed by atoms with van der Waals surface area (Å²) in [4.78, 5) is 4.97. The van der Waals surface area contributed by atoms with Gasteiger partial charge < -0.3 is 14.9 Å². The minimum Gasteiger partial charge on any atom is -0.389 e. The molecule has 1 atom stereocenters. The fourth-order valence-electron chi connectivity index (χ4n) is 5.24. The van der Waals surface area contributed by atoms with Gasteiger partial charge in [0.1, 0.15) is 0 Å². The van der Waals surface area contributed by atoms with Crippen molar-refractivity contribution in [3.05, 3.63) is 59.2 Å². The number of rotatable bonds is 5. The summed E-state index contributed by atoms with van der Waals surface area (Å²) >= 11 is 0. The van der Waals surface area contributed by atoms with Gasteiger partial charge in [-0.05, 0) is 61.6 Å². The number of hydrogen-bond donors (Lipinski definition) is 1. The molecular weight excluding hydrogens is 368 g/mol. The largest absolute Gasteiger partial charge is 0.389 e. The van der Waals surface area contributed by atoms with Gasteiger partial charge >= 0.3 is 0 Å². The van der Waals surface area contributed by atoms with Crippen molar-refractivity contribution in [1.29, 1.82) is 0 Å². The predicted molar refractivity (Wildman–Crippen MR) is 126 cm³/mol. The van der Waals surface area contributed by atoms with Crippen LogP contribution in [-0.4, -0.2) is 60.3 Å². The molecule has 2 aliphatic rings. The lowest BCUT2D eigenvalue weighted by atomic mass is 9.72. The van der Waals surface area contributed by atoms with Gasteiger partial charge in [0, 0.05) is 38.6 Å². The number of piperazine rings is 1. The van der Waals surface area contributed by atoms with Gasteiger partial charge in [-0.1, -0.05) is 61.7 Å². The van der Waals surface area contributed by atoms with Crippen LogP contribution in [0.5, 0.6) is 0 Å². The van der Waals surface area contributed by atoms with Gasteiger partial charge in [0.05, 0.1) is 5.60 Å². The third-order valence-electron chi connectivity index (χ3n) is 7.53. The number of benzene rings is 2. The van der Waals surface area contributed by atoms with Crippen molar-refractivity contribution in [2.24, 2.45) is 0 Å². The molecule has 1 aliphatic heterocycles. The van der Waals surface area contributed by atoms with E-state index in [9.17, 15) is 5.11 Å². The van der Waals surface area contributed by atoms with Crippen molar-refractivity contribution < 1.29 is 5.11 Å². The van der Waals surface area contributed by atoms with Gasteiger partial charge in [-0.2, -0.15) is 0 Å². The topological polar surface area (TPSA) is 26.7 Å². The molecule has 1 heterocycles. The minimum absolute atomic E-state index is 0.174. The number of aliphatic hydroxyl groups is 1. The van der Waals surface area contributed by atoms with E-state index in [-0.39, 0.29) is 5.92 Å². The molecule has 1 aliphatic carbocycles. The Bertz CT molecular complexity index is 848. The molecule has 1 N–H and O–H groups in total. The lowest BCUT2D eigenvalue weighted by Gasteiger charge is -2.43. The van der Waals surface area contributed by atoms with E-state index in [0.29, 0.717) is 0 Å². The maximum absolute atomic E-state index is 11.8. The van der Waals surface area contributed by atoms with Gasteiger partial charge in [0.2, 0.25) is 0 Å². The maximum Gasteiger partial charge on any atom is 0.0728 e. The Labute approximate surface area is 182 Å². The highest BCUT2D eigenvalue weighted by Gasteiger charge is 2.39. The number of nitrogens with zero attached hydrogens (tertiary/aromatic N) is 2. The molecule has 4 rings (SSSR count). The fraction of sp³-hybridized carbons (Fsp3) is 0.556. The normalized spacial score (nSPS) is 21.5. The summed E-state index contributed by atoms with van der Waals surface area (Å²) in [6.45, 7) is 9.74. The van der Waals surface area contributed by atoms with Crippen LogP contribution < -0.4 is 0 Å². The number of likely N-dealkylation sites (N-methyl/N-ethyl adjacent to an activating group) is 1. The van der Waals surface area contributed by atoms with Crippen molar-refractivity contribution >= 4 is 0 Å². The standard InChI is InChI=1S/C27H38N2O/c1-21-10-11-24(18-22(21)2)23-8-7-9-25(19-23)26(27(30)12-5-4-6-13-27)20-29-16-14-28(3)15-17-29/h7-11,18-19,26,30H,4-6,12-17,20H2,1-3H3. The molecule has 0 bridgehead atoms. The number of aryl methyl sites for hydroxylation is 2. The van der Waals surface area contributed by atoms with Crippen molar-refractivity contribution in [1.82, 2.24) is 9.80 Å². The summed E-state index contributed by atoms with van der Waals surface area (Å²) in [5.74, 6) is 0.174. The van der Waals surface area contributed by atoms with E-state index in [0.717, 1.165) is 58.4 Å². The monoisotopic (exact) mass is 406 g/mol. The lowest BCUT2D eigenvalue weighted by molar-refractivity contribution is -0.0336. The second kappa shape index (κ2) is 9.21. The quantitative estimate of drug-likeness (QED) is 0.757. The average molecular weight is 407 g/mol. The molecule has 30 heavy (non-hydrogen) atoms. The molecule has 1 unspecified atom stereocenters. The van der Waals surface area contributed by atoms with Gasteiger partial charge in [0.25, 0.3) is 0 Å². The van der Waals surface area contributed by atoms with Crippen LogP contribution in [0.3, 0.4) is 0 Å². The Morgan fingerprint density at radius 2 is 1.57 bits per heavy atom. The van der Waals surface area contributed by atoms with Crippen LogP contribution in [0, 0.1) is 13.8 Å². The summed E-state index contributed by atoms with van der Waals surface area (Å²) in [6, 6.07) is 15.7. The van der Waals surface area contributed by atoms with Crippen LogP contribution in [0.4, 0.5) is 0 Å². The first-order chi connectivity index (χ1) is 14.4. The molecule has 0 spiro atoms. The Morgan fingerprint density at radius 3 is 2.27 bits per heavy atom. The molecule has 0 aromatic heterocycles. The molecule has 3 nitrogen and oxygen atoms in total. The van der Waals surface area contributed by atoms with Gasteiger partial charge in [0.15, 0.2) is 0 Å². The zero-order valence-corrected chi connectivity index (χ0v) is 19.0. The minimum atomic E-state index is -0.580. The van der Waals surface area contributed by atoms with E-state index in [1.807, 2.05) is 0 Å². The Hall–Kier alpha value is -1.68. The summed E-state index contributed by atoms with van der Waals surface area (Å²) in [5.41, 5.74) is 5.92. The van der Waals surface area contributed by atoms with Crippen LogP contribution in [0.15, 0.2) is 42.5 Å². The highest BCUT2D eigenvalue weighted by molar-refractivity contribution is 5.66. The van der Waals surface area contributed by atoms with E-state index in [4.69, 9.17) is 0 Å². The van der Waals surface area contributed by atoms with Crippen LogP contribution in [0.25, 0.3) is 11.1 Å². The third-order valence-corrected chi connectivity index (χ3v) is 7.53. The third kappa shape index (κ3) is 4.80. The summed E-state index contributed by atoms with van der Waals surface area (Å²) in [7, 11) is 2.20. The molecular formula is C27H38N2O. The van der Waals surface area contributed by atoms with Gasteiger partial charge in [-0.15, -0.1) is 0 Å². The molecule has 0 radical (unpaired) electrons. The van der Waals surface area contributed by atoms with Gasteiger partial charge in [-0.25, -0.2) is 0 Å². The molecule has 2 fully saturated rings. The first-order valence-corrected chi connectivity index (χ1v) is 11.8. The molecule has 3 heteroatoms. The van der Waals surface area contributed by atoms with Crippen molar-refractivity contribution in [2.45, 2.75) is 57.5 Å². The summed E-state index contributed by atoms with van der Waals surface area (Å²) in [5, 5.41) is 11.8. The van der Waals surface area contributed by atoms with Crippen LogP contribution >= 0.6 is 0 Å². The zero-order chi connectivity index (χ0) is 21.1. The Balaban J connectivity index is 1.65. The van der Waals surface area contributed by atoms with E-state index < -0.39 is 5.60 Å². The Morgan fingerprint density at radius 1 is 0.867 bits per heavy atom. The lowest BCUT2D eigenvalue weighted by Crippen LogP contribution is -2.50. The first-order valence-electron chi connectivity index (χ1n) is 11.8. The molecule has 162 valence electrons. The van der Waals surface area contributed by atoms with Crippen molar-refractivity contribution in [3.63, 3.8) is 0 Å². The SMILES string of the molecule is Cc1ccc(-c2cccc(C(CN3CCN(C)CC3)C3(O)CCCCC3)c2)cc1C. The van der Waals surface area contributed by atoms with Gasteiger partial charge in [-0.3, -0.25) is 0 Å². The molecule has 2 aromatic rings. The Kier molecular flexibility index (Phi) is 6.62. The van der Waals surface area contributed by atoms with Crippen LogP contribution in [-0.2, 0) is 0 Å². The van der Waals surface area contributed by atoms with Crippen molar-refractivity contribution in [3.8, 4) is 11.1 Å². The second-order valence-corrected chi connectivity index (χ2v) is 9.75. The van der Waals surface area contributed by atoms with E-state index in [2.05, 4.69) is 73.2 Å². The fourth-order valence-corrected chi connectivity index (χ4v) is 5.24. The van der Waals surface area contributed by atoms with E-state index in [1.54, 1.807) is 0 Å². The highest BCUT2D eigenvalue weighted by Crippen LogP contribution is 2.41. The van der Waals surface area contributed by atoms with Crippen LogP contribution in [0.1, 0.15) is 54.7 Å². The molecule has 1 saturated carbocycles. The summed E-state index contributed by atoms with van der Waals surface area (Å²) < 4.78 is 0. The zero-order valence-electron chi connectivity index (χ0n) is 19.0. The molecule has 2 aromatic carbocycles. The highest BCUT2D eigenvalue weighted by atomic mass is 16.3. The van der Waals surface area contributed by atoms with E-state index in [1.165, 1.54) is 34.2 Å². The smallest absolute Gasteiger partial charge is 0.0728 e. The molecule has 0 amide bonds. The summed E-state index contributed by atoms with van der Waals surface area (Å²) in [6.07, 6.45) is 5.41. The number of hydrogen-bond acceptors (Lipinski definition) is 3. The first kappa shape index (κ1) is 21.5. The average Bonchev–Trinajstić information content (AvgIpc) is 2.76. The predicted octanol–water partition coefficient (Wildman–Crippen LogP) is 5.00. The van der Waals surface area contributed by atoms with Crippen molar-refractivity contribution in [2.75, 3.05) is 39.8 Å². The maximum atomic E-state index is 11.8. The van der Waals surface area contributed by atoms with E-state index >= 15 is 0 Å². The van der Waals surface area contributed by atoms with Crippen LogP contribution in [0.2, 0.25) is 0 Å². The molecule has 1 saturated heterocycles. The second-order valence-electron chi connectivity index (χ2n) is 9.75.